The van der Waals surface area contributed by atoms with Crippen molar-refractivity contribution in [2.45, 2.75) is 64.2 Å². The summed E-state index contributed by atoms with van der Waals surface area (Å²) in [4.78, 5) is 57.1. The van der Waals surface area contributed by atoms with Gasteiger partial charge in [-0.2, -0.15) is 0 Å². The number of rotatable bonds is 6. The number of fused-ring (bicyclic) bond motifs is 2. The number of thiophene rings is 2. The highest BCUT2D eigenvalue weighted by Gasteiger charge is 2.27. The molecule has 9 nitrogen and oxygen atoms in total. The van der Waals surface area contributed by atoms with E-state index in [4.69, 9.17) is 11.5 Å². The van der Waals surface area contributed by atoms with Crippen molar-refractivity contribution < 1.29 is 19.2 Å². The van der Waals surface area contributed by atoms with Crippen LogP contribution in [0.3, 0.4) is 0 Å². The summed E-state index contributed by atoms with van der Waals surface area (Å²) < 4.78 is 0. The number of nitrogens with one attached hydrogen (secondary N) is 2. The van der Waals surface area contributed by atoms with Gasteiger partial charge in [-0.25, -0.2) is 4.98 Å². The van der Waals surface area contributed by atoms with Crippen molar-refractivity contribution in [1.29, 1.82) is 0 Å². The molecule has 3 aromatic rings. The van der Waals surface area contributed by atoms with Gasteiger partial charge in [0.25, 0.3) is 23.6 Å². The molecule has 3 heterocycles. The molecule has 0 fully saturated rings. The normalized spacial score (nSPS) is 14.9. The average molecular weight is 552 g/mol. The van der Waals surface area contributed by atoms with Crippen molar-refractivity contribution >= 4 is 56.3 Å². The van der Waals surface area contributed by atoms with Crippen LogP contribution < -0.4 is 22.1 Å². The highest BCUT2D eigenvalue weighted by Crippen LogP contribution is 2.38. The van der Waals surface area contributed by atoms with Gasteiger partial charge in [0.05, 0.1) is 11.1 Å². The van der Waals surface area contributed by atoms with Crippen molar-refractivity contribution in [2.75, 3.05) is 10.6 Å². The van der Waals surface area contributed by atoms with Crippen LogP contribution in [0.25, 0.3) is 0 Å². The molecule has 6 N–H and O–H groups in total. The minimum atomic E-state index is -0.569. The number of anilines is 2. The third kappa shape index (κ3) is 5.21. The molecule has 0 saturated carbocycles. The number of carbonyl (C=O) groups excluding carboxylic acids is 4. The SMILES string of the molecule is NC(=O)c1c(NC(=O)c2cccc(C(=O)Nc3sc4c(c3C(N)=O)CCCCC4)n2)sc2c1CCCCC2. The molecule has 0 radical (unpaired) electrons. The molecule has 0 spiro atoms. The van der Waals surface area contributed by atoms with E-state index in [0.717, 1.165) is 85.1 Å². The van der Waals surface area contributed by atoms with Gasteiger partial charge in [-0.05, 0) is 74.6 Å². The molecular formula is C27H29N5O4S2. The highest BCUT2D eigenvalue weighted by molar-refractivity contribution is 7.17. The van der Waals surface area contributed by atoms with E-state index in [2.05, 4.69) is 15.6 Å². The predicted octanol–water partition coefficient (Wildman–Crippen LogP) is 4.44. The van der Waals surface area contributed by atoms with Crippen LogP contribution in [-0.2, 0) is 25.7 Å². The molecule has 0 atom stereocenters. The van der Waals surface area contributed by atoms with E-state index in [1.165, 1.54) is 34.8 Å². The zero-order chi connectivity index (χ0) is 26.8. The van der Waals surface area contributed by atoms with E-state index in [1.807, 2.05) is 0 Å². The number of aryl methyl sites for hydroxylation is 2. The lowest BCUT2D eigenvalue weighted by atomic mass is 10.1. The van der Waals surface area contributed by atoms with Crippen LogP contribution in [-0.4, -0.2) is 28.6 Å². The average Bonchev–Trinajstić information content (AvgIpc) is 3.18. The molecule has 0 aliphatic heterocycles. The Morgan fingerprint density at radius 1 is 0.658 bits per heavy atom. The first-order chi connectivity index (χ1) is 18.3. The molecule has 11 heteroatoms. The molecule has 0 bridgehead atoms. The number of nitrogens with zero attached hydrogens (tertiary/aromatic N) is 1. The van der Waals surface area contributed by atoms with Gasteiger partial charge < -0.3 is 22.1 Å². The van der Waals surface area contributed by atoms with Crippen LogP contribution in [0.1, 0.15) is 101 Å². The van der Waals surface area contributed by atoms with Crippen LogP contribution in [0.15, 0.2) is 18.2 Å². The van der Waals surface area contributed by atoms with Crippen molar-refractivity contribution in [3.8, 4) is 0 Å². The maximum atomic E-state index is 13.1. The van der Waals surface area contributed by atoms with Crippen LogP contribution >= 0.6 is 22.7 Å². The van der Waals surface area contributed by atoms with E-state index in [1.54, 1.807) is 6.07 Å². The molecule has 0 unspecified atom stereocenters. The summed E-state index contributed by atoms with van der Waals surface area (Å²) >= 11 is 2.75. The topological polar surface area (TPSA) is 157 Å². The van der Waals surface area contributed by atoms with E-state index in [0.29, 0.717) is 21.1 Å². The Labute approximate surface area is 228 Å². The molecule has 2 aliphatic carbocycles. The number of aromatic nitrogens is 1. The van der Waals surface area contributed by atoms with Gasteiger partial charge in [0.1, 0.15) is 21.4 Å². The van der Waals surface area contributed by atoms with Crippen molar-refractivity contribution in [3.05, 3.63) is 61.6 Å². The lowest BCUT2D eigenvalue weighted by Crippen LogP contribution is -2.21. The second-order valence-corrected chi connectivity index (χ2v) is 11.8. The van der Waals surface area contributed by atoms with Crippen molar-refractivity contribution in [1.82, 2.24) is 4.98 Å². The van der Waals surface area contributed by atoms with Gasteiger partial charge in [0.15, 0.2) is 0 Å². The first kappa shape index (κ1) is 26.1. The molecule has 0 aromatic carbocycles. The van der Waals surface area contributed by atoms with Gasteiger partial charge in [0, 0.05) is 9.75 Å². The van der Waals surface area contributed by atoms with Crippen molar-refractivity contribution in [3.63, 3.8) is 0 Å². The Morgan fingerprint density at radius 2 is 1.08 bits per heavy atom. The second-order valence-electron chi connectivity index (χ2n) is 9.58. The summed E-state index contributed by atoms with van der Waals surface area (Å²) in [6, 6.07) is 4.56. The molecule has 0 saturated heterocycles. The highest BCUT2D eigenvalue weighted by atomic mass is 32.1. The summed E-state index contributed by atoms with van der Waals surface area (Å²) in [7, 11) is 0. The van der Waals surface area contributed by atoms with Crippen LogP contribution in [0, 0.1) is 0 Å². The minimum absolute atomic E-state index is 0.0220. The Balaban J connectivity index is 1.37. The quantitative estimate of drug-likeness (QED) is 0.333. The zero-order valence-electron chi connectivity index (χ0n) is 20.9. The number of hydrogen-bond donors (Lipinski definition) is 4. The number of nitrogens with two attached hydrogens (primary N) is 2. The van der Waals surface area contributed by atoms with E-state index >= 15 is 0 Å². The number of hydrogen-bond acceptors (Lipinski definition) is 7. The summed E-state index contributed by atoms with van der Waals surface area (Å²) in [5.74, 6) is -2.22. The first-order valence-electron chi connectivity index (χ1n) is 12.8. The molecule has 3 aromatic heterocycles. The van der Waals surface area contributed by atoms with E-state index in [-0.39, 0.29) is 11.4 Å². The number of pyridine rings is 1. The minimum Gasteiger partial charge on any atom is -0.365 e. The van der Waals surface area contributed by atoms with Gasteiger partial charge in [0.2, 0.25) is 0 Å². The largest absolute Gasteiger partial charge is 0.365 e. The van der Waals surface area contributed by atoms with Crippen molar-refractivity contribution in [2.24, 2.45) is 11.5 Å². The fraction of sp³-hybridized carbons (Fsp3) is 0.370. The third-order valence-corrected chi connectivity index (χ3v) is 9.42. The smallest absolute Gasteiger partial charge is 0.274 e. The van der Waals surface area contributed by atoms with E-state index < -0.39 is 23.6 Å². The van der Waals surface area contributed by atoms with Crippen LogP contribution in [0.2, 0.25) is 0 Å². The number of primary amides is 2. The second kappa shape index (κ2) is 11.0. The van der Waals surface area contributed by atoms with Gasteiger partial charge in [-0.1, -0.05) is 18.9 Å². The lowest BCUT2D eigenvalue weighted by Gasteiger charge is -2.08. The Morgan fingerprint density at radius 3 is 1.50 bits per heavy atom. The summed E-state index contributed by atoms with van der Waals surface area (Å²) in [5, 5.41) is 6.41. The lowest BCUT2D eigenvalue weighted by molar-refractivity contribution is 0.0990. The van der Waals surface area contributed by atoms with Gasteiger partial charge >= 0.3 is 0 Å². The Bertz CT molecular complexity index is 1340. The molecule has 38 heavy (non-hydrogen) atoms. The van der Waals surface area contributed by atoms with Gasteiger partial charge in [-0.15, -0.1) is 22.7 Å². The maximum absolute atomic E-state index is 13.1. The summed E-state index contributed by atoms with van der Waals surface area (Å²) in [5.41, 5.74) is 14.0. The Hall–Kier alpha value is -3.57. The van der Waals surface area contributed by atoms with Gasteiger partial charge in [-0.3, -0.25) is 19.2 Å². The number of carbonyl (C=O) groups is 4. The molecular weight excluding hydrogens is 522 g/mol. The fourth-order valence-electron chi connectivity index (χ4n) is 5.20. The maximum Gasteiger partial charge on any atom is 0.274 e. The van der Waals surface area contributed by atoms with Crippen LogP contribution in [0.5, 0.6) is 0 Å². The standard InChI is InChI=1S/C27H29N5O4S2/c28-22(33)20-14-8-3-1-5-12-18(14)37-26(20)31-24(35)16-10-7-11-17(30-16)25(36)32-27-21(23(29)34)15-9-4-2-6-13-19(15)38-27/h7,10-11H,1-6,8-9,12-13H2,(H2,28,33)(H2,29,34)(H,31,35)(H,32,36). The molecule has 198 valence electrons. The molecule has 4 amide bonds. The number of amides is 4. The first-order valence-corrected chi connectivity index (χ1v) is 14.4. The summed E-state index contributed by atoms with van der Waals surface area (Å²) in [6.07, 6.45) is 9.41. The predicted molar refractivity (Wildman–Crippen MR) is 148 cm³/mol. The molecule has 5 rings (SSSR count). The zero-order valence-corrected chi connectivity index (χ0v) is 22.5. The fourth-order valence-corrected chi connectivity index (χ4v) is 7.78. The van der Waals surface area contributed by atoms with Crippen LogP contribution in [0.4, 0.5) is 10.0 Å². The Kier molecular flexibility index (Phi) is 7.57. The summed E-state index contributed by atoms with van der Waals surface area (Å²) in [6.45, 7) is 0. The monoisotopic (exact) mass is 551 g/mol. The third-order valence-electron chi connectivity index (χ3n) is 7.00. The molecule has 2 aliphatic rings. The van der Waals surface area contributed by atoms with E-state index in [9.17, 15) is 19.2 Å².